The van der Waals surface area contributed by atoms with Gasteiger partial charge in [-0.1, -0.05) is 191 Å². The summed E-state index contributed by atoms with van der Waals surface area (Å²) in [7, 11) is 0. The lowest BCUT2D eigenvalue weighted by atomic mass is 9.81. The summed E-state index contributed by atoms with van der Waals surface area (Å²) < 4.78 is 7.45. The van der Waals surface area contributed by atoms with Gasteiger partial charge in [0.1, 0.15) is 0 Å². The van der Waals surface area contributed by atoms with Gasteiger partial charge in [0.2, 0.25) is 0 Å². The van der Waals surface area contributed by atoms with Gasteiger partial charge >= 0.3 is 0 Å². The minimum Gasteiger partial charge on any atom is -0.310 e. The third kappa shape index (κ3) is 7.01. The number of anilines is 3. The lowest BCUT2D eigenvalue weighted by Gasteiger charge is -2.28. The number of para-hydroxylation sites is 3. The Kier molecular flexibility index (Phi) is 10.4. The van der Waals surface area contributed by atoms with Crippen molar-refractivity contribution < 1.29 is 0 Å². The summed E-state index contributed by atoms with van der Waals surface area (Å²) in [4.78, 5) is 2.43. The number of hydrogen-bond acceptors (Lipinski definition) is 1. The Hall–Kier alpha value is -10.4. The molecule has 4 heteroatoms. The molecule has 0 aliphatic heterocycles. The molecule has 2 aliphatic carbocycles. The molecule has 398 valence electrons. The van der Waals surface area contributed by atoms with Crippen LogP contribution in [0.15, 0.2) is 279 Å². The zero-order chi connectivity index (χ0) is 56.0. The molecule has 3 aromatic heterocycles. The van der Waals surface area contributed by atoms with Crippen molar-refractivity contribution in [2.75, 3.05) is 4.90 Å². The molecular weight excluding hydrogens is 1020 g/mol. The molecule has 0 saturated carbocycles. The summed E-state index contributed by atoms with van der Waals surface area (Å²) in [5, 5.41) is 6.18. The zero-order valence-corrected chi connectivity index (χ0v) is 47.3. The Morgan fingerprint density at radius 2 is 0.702 bits per heavy atom. The van der Waals surface area contributed by atoms with Gasteiger partial charge in [-0.2, -0.15) is 0 Å². The number of benzene rings is 12. The van der Waals surface area contributed by atoms with Gasteiger partial charge in [0.25, 0.3) is 0 Å². The van der Waals surface area contributed by atoms with E-state index in [1.54, 1.807) is 0 Å². The smallest absolute Gasteiger partial charge is 0.0585 e. The fraction of sp³-hybridized carbons (Fsp3) is 0.0750. The van der Waals surface area contributed by atoms with Crippen molar-refractivity contribution in [2.45, 2.75) is 38.5 Å². The van der Waals surface area contributed by atoms with E-state index in [2.05, 4.69) is 325 Å². The highest BCUT2D eigenvalue weighted by Crippen LogP contribution is 2.55. The van der Waals surface area contributed by atoms with E-state index in [1.165, 1.54) is 116 Å². The van der Waals surface area contributed by atoms with Gasteiger partial charge in [0.05, 0.1) is 33.3 Å². The van der Waals surface area contributed by atoms with Crippen molar-refractivity contribution in [3.8, 4) is 61.7 Å². The second kappa shape index (κ2) is 18.0. The molecule has 17 rings (SSSR count). The highest BCUT2D eigenvalue weighted by atomic mass is 15.1. The molecule has 84 heavy (non-hydrogen) atoms. The number of nitrogens with zero attached hydrogens (tertiary/aromatic N) is 4. The average molecular weight is 1080 g/mol. The van der Waals surface area contributed by atoms with Crippen LogP contribution in [0.3, 0.4) is 0 Å². The van der Waals surface area contributed by atoms with Crippen LogP contribution in [0.5, 0.6) is 0 Å². The lowest BCUT2D eigenvalue weighted by Crippen LogP contribution is -2.16. The quantitative estimate of drug-likeness (QED) is 0.148. The fourth-order valence-corrected chi connectivity index (χ4v) is 14.8. The van der Waals surface area contributed by atoms with E-state index < -0.39 is 0 Å². The second-order valence-corrected chi connectivity index (χ2v) is 24.1. The van der Waals surface area contributed by atoms with E-state index in [-0.39, 0.29) is 10.8 Å². The maximum Gasteiger partial charge on any atom is 0.0585 e. The predicted molar refractivity (Wildman–Crippen MR) is 353 cm³/mol. The van der Waals surface area contributed by atoms with Crippen LogP contribution < -0.4 is 4.90 Å². The van der Waals surface area contributed by atoms with Crippen LogP contribution in [-0.2, 0) is 10.8 Å². The van der Waals surface area contributed by atoms with Crippen LogP contribution in [0.2, 0.25) is 0 Å². The first kappa shape index (κ1) is 48.3. The van der Waals surface area contributed by atoms with Gasteiger partial charge in [0.15, 0.2) is 0 Å². The van der Waals surface area contributed by atoms with E-state index >= 15 is 0 Å². The molecule has 0 saturated heterocycles. The predicted octanol–water partition coefficient (Wildman–Crippen LogP) is 21.2. The molecule has 4 nitrogen and oxygen atoms in total. The van der Waals surface area contributed by atoms with E-state index in [1.807, 2.05) is 0 Å². The van der Waals surface area contributed by atoms with Crippen molar-refractivity contribution in [3.63, 3.8) is 0 Å². The molecule has 0 amide bonds. The van der Waals surface area contributed by atoms with Crippen LogP contribution in [-0.4, -0.2) is 13.7 Å². The third-order valence-electron chi connectivity index (χ3n) is 18.8. The Morgan fingerprint density at radius 3 is 1.38 bits per heavy atom. The number of rotatable bonds is 8. The van der Waals surface area contributed by atoms with E-state index in [4.69, 9.17) is 0 Å². The molecule has 0 spiro atoms. The van der Waals surface area contributed by atoms with Crippen molar-refractivity contribution in [2.24, 2.45) is 0 Å². The minimum absolute atomic E-state index is 0.147. The maximum atomic E-state index is 2.54. The van der Waals surface area contributed by atoms with Gasteiger partial charge in [-0.15, -0.1) is 0 Å². The zero-order valence-electron chi connectivity index (χ0n) is 47.3. The summed E-state index contributed by atoms with van der Waals surface area (Å²) in [5.41, 5.74) is 27.8. The molecule has 0 radical (unpaired) electrons. The molecule has 0 N–H and O–H groups in total. The minimum atomic E-state index is -0.232. The van der Waals surface area contributed by atoms with Crippen molar-refractivity contribution in [1.29, 1.82) is 0 Å². The first-order valence-corrected chi connectivity index (χ1v) is 29.4. The molecule has 3 heterocycles. The molecule has 2 aliphatic rings. The van der Waals surface area contributed by atoms with Gasteiger partial charge in [-0.3, -0.25) is 0 Å². The van der Waals surface area contributed by atoms with Crippen LogP contribution >= 0.6 is 0 Å². The van der Waals surface area contributed by atoms with Gasteiger partial charge in [0, 0.05) is 77.4 Å². The van der Waals surface area contributed by atoms with Gasteiger partial charge in [-0.25, -0.2) is 0 Å². The number of fused-ring (bicyclic) bond motifs is 14. The molecule has 12 aromatic carbocycles. The second-order valence-electron chi connectivity index (χ2n) is 24.1. The fourth-order valence-electron chi connectivity index (χ4n) is 14.8. The number of hydrogen-bond donors (Lipinski definition) is 0. The van der Waals surface area contributed by atoms with Crippen LogP contribution in [0, 0.1) is 0 Å². The lowest BCUT2D eigenvalue weighted by molar-refractivity contribution is 0.660. The van der Waals surface area contributed by atoms with E-state index in [9.17, 15) is 0 Å². The maximum absolute atomic E-state index is 2.54. The largest absolute Gasteiger partial charge is 0.310 e. The normalized spacial score (nSPS) is 13.7. The Labute approximate surface area is 489 Å². The Balaban J connectivity index is 0.874. The third-order valence-corrected chi connectivity index (χ3v) is 18.8. The van der Waals surface area contributed by atoms with Crippen molar-refractivity contribution in [1.82, 2.24) is 13.7 Å². The first-order chi connectivity index (χ1) is 41.2. The number of aromatic nitrogens is 3. The van der Waals surface area contributed by atoms with Crippen molar-refractivity contribution >= 4 is 71.6 Å². The van der Waals surface area contributed by atoms with Gasteiger partial charge in [-0.05, 0) is 171 Å². The summed E-state index contributed by atoms with van der Waals surface area (Å²) in [6, 6.07) is 104. The van der Waals surface area contributed by atoms with E-state index in [0.717, 1.165) is 39.6 Å². The molecular formula is C80H58N4. The van der Waals surface area contributed by atoms with E-state index in [0.29, 0.717) is 0 Å². The summed E-state index contributed by atoms with van der Waals surface area (Å²) in [5.74, 6) is 0. The van der Waals surface area contributed by atoms with Gasteiger partial charge < -0.3 is 18.6 Å². The highest BCUT2D eigenvalue weighted by molar-refractivity contribution is 6.17. The summed E-state index contributed by atoms with van der Waals surface area (Å²) in [6.07, 6.45) is 0. The highest BCUT2D eigenvalue weighted by Gasteiger charge is 2.41. The standard InChI is InChI=1S/C80H58N4/c1-79(2)69-29-17-14-26-61(69)62-43-42-60(48-71(62)79)81(57-36-32-52(33-37-57)51-20-8-5-9-21-51)58-38-40-59(41-39-58)83-74-45-35-54(53-34-44-73-65(46-53)63-27-16-19-31-72(63)82(73)55-22-10-6-11-23-55)47-66(74)67-49-76-68(50-75(67)83)77-78(84(76)56-24-12-7-13-25-56)64-28-15-18-30-70(64)80(77,3)4/h5-50H,1-4H3. The molecule has 0 fully saturated rings. The monoisotopic (exact) mass is 1070 g/mol. The van der Waals surface area contributed by atoms with Crippen molar-refractivity contribution in [3.05, 3.63) is 301 Å². The topological polar surface area (TPSA) is 18.0 Å². The molecule has 0 atom stereocenters. The SMILES string of the molecule is CC1(C)c2ccccc2-c2ccc(N(c3ccc(-c4ccccc4)cc3)c3ccc(-n4c5ccc(-c6ccc7c(c6)c6ccccc6n7-c6ccccc6)cc5c5cc6c(cc54)c4c(n6-c5ccccc5)-c5ccccc5C4(C)C)cc3)cc21. The van der Waals surface area contributed by atoms with Crippen LogP contribution in [0.1, 0.15) is 49.9 Å². The van der Waals surface area contributed by atoms with Crippen LogP contribution in [0.4, 0.5) is 17.1 Å². The molecule has 0 unspecified atom stereocenters. The average Bonchev–Trinajstić information content (AvgIpc) is 1.79. The Bertz CT molecular complexity index is 5150. The summed E-state index contributed by atoms with van der Waals surface area (Å²) in [6.45, 7) is 9.56. The molecule has 15 aromatic rings. The first-order valence-electron chi connectivity index (χ1n) is 29.4. The Morgan fingerprint density at radius 1 is 0.262 bits per heavy atom. The summed E-state index contributed by atoms with van der Waals surface area (Å²) >= 11 is 0. The van der Waals surface area contributed by atoms with Crippen LogP contribution in [0.25, 0.3) is 116 Å². The molecule has 0 bridgehead atoms.